The largest absolute Gasteiger partial charge is 0.344 e. The summed E-state index contributed by atoms with van der Waals surface area (Å²) >= 11 is 0. The maximum absolute atomic E-state index is 13.3. The highest BCUT2D eigenvalue weighted by Crippen LogP contribution is 2.25. The number of hydrogen-bond donors (Lipinski definition) is 4. The minimum Gasteiger partial charge on any atom is -0.344 e. The third-order valence-corrected chi connectivity index (χ3v) is 6.54. The van der Waals surface area contributed by atoms with E-state index >= 15 is 0 Å². The number of anilines is 2. The van der Waals surface area contributed by atoms with Crippen LogP contribution in [0.4, 0.5) is 16.2 Å². The topological polar surface area (TPSA) is 145 Å². The lowest BCUT2D eigenvalue weighted by Gasteiger charge is -2.25. The minimum absolute atomic E-state index is 0.0408. The van der Waals surface area contributed by atoms with Crippen LogP contribution in [0.3, 0.4) is 0 Å². The van der Waals surface area contributed by atoms with E-state index in [0.29, 0.717) is 31.0 Å². The third-order valence-electron chi connectivity index (χ3n) is 6.54. The van der Waals surface area contributed by atoms with Crippen molar-refractivity contribution in [2.45, 2.75) is 52.0 Å². The van der Waals surface area contributed by atoms with Crippen molar-refractivity contribution in [2.75, 3.05) is 23.7 Å². The molecule has 0 aliphatic carbocycles. The molecule has 38 heavy (non-hydrogen) atoms. The summed E-state index contributed by atoms with van der Waals surface area (Å²) in [6, 6.07) is 13.7. The van der Waals surface area contributed by atoms with E-state index in [1.54, 1.807) is 29.2 Å². The maximum Gasteiger partial charge on any atom is 0.323 e. The molecule has 0 radical (unpaired) electrons. The summed E-state index contributed by atoms with van der Waals surface area (Å²) in [6.07, 6.45) is 1.44. The number of H-pyrrole nitrogens is 1. The van der Waals surface area contributed by atoms with Crippen molar-refractivity contribution in [3.8, 4) is 0 Å². The zero-order valence-corrected chi connectivity index (χ0v) is 21.9. The van der Waals surface area contributed by atoms with Gasteiger partial charge < -0.3 is 20.9 Å². The Morgan fingerprint density at radius 3 is 2.53 bits per heavy atom. The smallest absolute Gasteiger partial charge is 0.323 e. The van der Waals surface area contributed by atoms with Crippen LogP contribution in [0.1, 0.15) is 49.6 Å². The normalized spacial score (nSPS) is 15.8. The van der Waals surface area contributed by atoms with Gasteiger partial charge in [-0.3, -0.25) is 9.59 Å². The highest BCUT2D eigenvalue weighted by molar-refractivity contribution is 6.00. The van der Waals surface area contributed by atoms with Gasteiger partial charge in [-0.2, -0.15) is 5.21 Å². The molecular weight excluding hydrogens is 484 g/mol. The summed E-state index contributed by atoms with van der Waals surface area (Å²) in [5.74, 6) is 0.568. The molecule has 1 aliphatic rings. The molecule has 1 aliphatic heterocycles. The second kappa shape index (κ2) is 12.3. The van der Waals surface area contributed by atoms with Gasteiger partial charge in [0.1, 0.15) is 6.04 Å². The molecule has 3 aromatic rings. The van der Waals surface area contributed by atoms with Crippen molar-refractivity contribution in [3.63, 3.8) is 0 Å². The summed E-state index contributed by atoms with van der Waals surface area (Å²) in [4.78, 5) is 40.3. The molecule has 1 saturated heterocycles. The summed E-state index contributed by atoms with van der Waals surface area (Å²) in [5, 5.41) is 22.7. The van der Waals surface area contributed by atoms with E-state index in [-0.39, 0.29) is 36.1 Å². The molecule has 4 rings (SSSR count). The van der Waals surface area contributed by atoms with Crippen molar-refractivity contribution in [1.82, 2.24) is 30.8 Å². The first-order valence-electron chi connectivity index (χ1n) is 12.8. The van der Waals surface area contributed by atoms with E-state index in [9.17, 15) is 14.4 Å². The Bertz CT molecular complexity index is 1240. The quantitative estimate of drug-likeness (QED) is 0.342. The van der Waals surface area contributed by atoms with Gasteiger partial charge in [0.2, 0.25) is 11.8 Å². The first-order valence-corrected chi connectivity index (χ1v) is 12.8. The highest BCUT2D eigenvalue weighted by atomic mass is 16.2. The van der Waals surface area contributed by atoms with Crippen LogP contribution >= 0.6 is 0 Å². The SMILES string of the molecule is Cc1ccccc1NC(=O)Nc1ccc(CC(=O)N[C@@H](CC(C)C)C(=O)N2CCC(c3nn[nH]n3)C2)cc1. The van der Waals surface area contributed by atoms with Crippen LogP contribution in [0.25, 0.3) is 0 Å². The second-order valence-electron chi connectivity index (χ2n) is 10.1. The molecule has 1 unspecified atom stereocenters. The van der Waals surface area contributed by atoms with Crippen LogP contribution in [0.2, 0.25) is 0 Å². The van der Waals surface area contributed by atoms with Gasteiger partial charge in [0.25, 0.3) is 0 Å². The molecule has 200 valence electrons. The lowest BCUT2D eigenvalue weighted by molar-refractivity contribution is -0.136. The fraction of sp³-hybridized carbons (Fsp3) is 0.407. The molecule has 1 aromatic heterocycles. The molecule has 4 amide bonds. The predicted molar refractivity (Wildman–Crippen MR) is 143 cm³/mol. The fourth-order valence-corrected chi connectivity index (χ4v) is 4.56. The number of aromatic amines is 1. The number of tetrazole rings is 1. The number of amides is 4. The molecule has 4 N–H and O–H groups in total. The van der Waals surface area contributed by atoms with Crippen molar-refractivity contribution < 1.29 is 14.4 Å². The Labute approximate surface area is 221 Å². The maximum atomic E-state index is 13.3. The molecule has 11 heteroatoms. The zero-order chi connectivity index (χ0) is 27.1. The number of likely N-dealkylation sites (tertiary alicyclic amines) is 1. The van der Waals surface area contributed by atoms with Crippen LogP contribution in [0.5, 0.6) is 0 Å². The van der Waals surface area contributed by atoms with E-state index in [1.807, 2.05) is 45.0 Å². The lowest BCUT2D eigenvalue weighted by Crippen LogP contribution is -2.49. The minimum atomic E-state index is -0.599. The Balaban J connectivity index is 1.30. The number of nitrogens with zero attached hydrogens (tertiary/aromatic N) is 4. The summed E-state index contributed by atoms with van der Waals surface area (Å²) < 4.78 is 0. The number of urea groups is 1. The molecule has 0 spiro atoms. The van der Waals surface area contributed by atoms with Crippen LogP contribution in [0, 0.1) is 12.8 Å². The van der Waals surface area contributed by atoms with E-state index in [2.05, 4.69) is 36.6 Å². The fourth-order valence-electron chi connectivity index (χ4n) is 4.56. The Morgan fingerprint density at radius 2 is 1.84 bits per heavy atom. The van der Waals surface area contributed by atoms with Crippen molar-refractivity contribution in [1.29, 1.82) is 0 Å². The summed E-state index contributed by atoms with van der Waals surface area (Å²) in [7, 11) is 0. The number of aryl methyl sites for hydroxylation is 1. The van der Waals surface area contributed by atoms with Gasteiger partial charge in [0, 0.05) is 30.4 Å². The molecule has 2 heterocycles. The van der Waals surface area contributed by atoms with E-state index in [1.165, 1.54) is 0 Å². The number of benzene rings is 2. The number of aromatic nitrogens is 4. The average molecular weight is 519 g/mol. The van der Waals surface area contributed by atoms with Crippen LogP contribution in [0.15, 0.2) is 48.5 Å². The number of carbonyl (C=O) groups excluding carboxylic acids is 3. The molecule has 1 fully saturated rings. The summed E-state index contributed by atoms with van der Waals surface area (Å²) in [5.41, 5.74) is 3.09. The Hall–Kier alpha value is -4.28. The molecule has 2 atom stereocenters. The van der Waals surface area contributed by atoms with Crippen molar-refractivity contribution in [3.05, 3.63) is 65.5 Å². The second-order valence-corrected chi connectivity index (χ2v) is 10.1. The van der Waals surface area contributed by atoms with Crippen LogP contribution < -0.4 is 16.0 Å². The molecule has 11 nitrogen and oxygen atoms in total. The number of hydrogen-bond acceptors (Lipinski definition) is 6. The number of carbonyl (C=O) groups is 3. The lowest BCUT2D eigenvalue weighted by atomic mass is 10.0. The monoisotopic (exact) mass is 518 g/mol. The van der Waals surface area contributed by atoms with E-state index < -0.39 is 6.04 Å². The van der Waals surface area contributed by atoms with Crippen LogP contribution in [-0.2, 0) is 16.0 Å². The van der Waals surface area contributed by atoms with Crippen LogP contribution in [-0.4, -0.2) is 62.5 Å². The number of para-hydroxylation sites is 1. The highest BCUT2D eigenvalue weighted by Gasteiger charge is 2.34. The molecular formula is C27H34N8O3. The van der Waals surface area contributed by atoms with Crippen molar-refractivity contribution in [2.24, 2.45) is 5.92 Å². The zero-order valence-electron chi connectivity index (χ0n) is 21.9. The number of rotatable bonds is 9. The Kier molecular flexibility index (Phi) is 8.67. The van der Waals surface area contributed by atoms with Gasteiger partial charge in [-0.25, -0.2) is 4.79 Å². The third kappa shape index (κ3) is 7.15. The first-order chi connectivity index (χ1) is 18.3. The molecule has 0 bridgehead atoms. The van der Waals surface area contributed by atoms with E-state index in [4.69, 9.17) is 0 Å². The van der Waals surface area contributed by atoms with Gasteiger partial charge in [-0.05, 0) is 55.0 Å². The Morgan fingerprint density at radius 1 is 1.08 bits per heavy atom. The molecule has 2 aromatic carbocycles. The standard InChI is InChI=1S/C27H34N8O3/c1-17(2)14-23(26(37)35-13-12-20(16-35)25-31-33-34-32-25)29-24(36)15-19-8-10-21(11-9-19)28-27(38)30-22-7-5-4-6-18(22)3/h4-11,17,20,23H,12-16H2,1-3H3,(H,29,36)(H2,28,30,38)(H,31,32,33,34)/t20?,23-/m0/s1. The van der Waals surface area contributed by atoms with Gasteiger partial charge in [0.15, 0.2) is 5.82 Å². The van der Waals surface area contributed by atoms with Gasteiger partial charge in [-0.1, -0.05) is 49.4 Å². The molecule has 0 saturated carbocycles. The van der Waals surface area contributed by atoms with E-state index in [0.717, 1.165) is 23.2 Å². The predicted octanol–water partition coefficient (Wildman–Crippen LogP) is 3.24. The first kappa shape index (κ1) is 26.8. The van der Waals surface area contributed by atoms with Crippen molar-refractivity contribution >= 4 is 29.2 Å². The van der Waals surface area contributed by atoms with Gasteiger partial charge in [0.05, 0.1) is 6.42 Å². The van der Waals surface area contributed by atoms with Gasteiger partial charge >= 0.3 is 6.03 Å². The number of nitrogens with one attached hydrogen (secondary N) is 4. The average Bonchev–Trinajstić information content (AvgIpc) is 3.58. The van der Waals surface area contributed by atoms with Gasteiger partial charge in [-0.15, -0.1) is 10.2 Å². The summed E-state index contributed by atoms with van der Waals surface area (Å²) in [6.45, 7) is 7.08.